The fourth-order valence-corrected chi connectivity index (χ4v) is 2.65. The Bertz CT molecular complexity index is 543. The minimum atomic E-state index is -0.420. The Kier molecular flexibility index (Phi) is 6.99. The number of nitro benzene ring substituents is 1. The van der Waals surface area contributed by atoms with Crippen LogP contribution in [0.15, 0.2) is 24.3 Å². The van der Waals surface area contributed by atoms with Crippen molar-refractivity contribution >= 4 is 17.3 Å². The Labute approximate surface area is 142 Å². The third kappa shape index (κ3) is 6.16. The molecule has 0 bridgehead atoms. The highest BCUT2D eigenvalue weighted by molar-refractivity contribution is 5.75. The zero-order valence-electron chi connectivity index (χ0n) is 14.2. The highest BCUT2D eigenvalue weighted by Gasteiger charge is 2.27. The van der Waals surface area contributed by atoms with Gasteiger partial charge >= 0.3 is 0 Å². The van der Waals surface area contributed by atoms with E-state index in [9.17, 15) is 14.9 Å². The molecular formula is C17H26N4O3. The fourth-order valence-electron chi connectivity index (χ4n) is 2.65. The quantitative estimate of drug-likeness (QED) is 0.368. The maximum Gasteiger partial charge on any atom is 0.269 e. The molecule has 1 aromatic rings. The van der Waals surface area contributed by atoms with Crippen LogP contribution in [0.3, 0.4) is 0 Å². The fraction of sp³-hybridized carbons (Fsp3) is 0.588. The standard InChI is InChI=1S/C17H26N4O3/c1-2-20(15-9-10-15)13-12-19-17(22)4-3-11-18-14-5-7-16(8-6-14)21(23)24/h5-8,15,18H,2-4,9-13H2,1H3,(H,19,22). The predicted octanol–water partition coefficient (Wildman–Crippen LogP) is 2.39. The van der Waals surface area contributed by atoms with Crippen molar-refractivity contribution in [2.24, 2.45) is 0 Å². The van der Waals surface area contributed by atoms with Gasteiger partial charge in [0.1, 0.15) is 0 Å². The van der Waals surface area contributed by atoms with Crippen molar-refractivity contribution in [3.63, 3.8) is 0 Å². The summed E-state index contributed by atoms with van der Waals surface area (Å²) in [4.78, 5) is 24.4. The first-order chi connectivity index (χ1) is 11.6. The van der Waals surface area contributed by atoms with Gasteiger partial charge in [-0.05, 0) is 37.9 Å². The molecule has 1 fully saturated rings. The van der Waals surface area contributed by atoms with Gasteiger partial charge in [0.05, 0.1) is 4.92 Å². The number of nitrogens with one attached hydrogen (secondary N) is 2. The number of rotatable bonds is 11. The van der Waals surface area contributed by atoms with Gasteiger partial charge in [-0.3, -0.25) is 19.8 Å². The SMILES string of the molecule is CCN(CCNC(=O)CCCNc1ccc([N+](=O)[O-])cc1)C1CC1. The third-order valence-corrected chi connectivity index (χ3v) is 4.18. The number of amides is 1. The number of nitrogens with zero attached hydrogens (tertiary/aromatic N) is 2. The molecule has 0 atom stereocenters. The van der Waals surface area contributed by atoms with Gasteiger partial charge in [0, 0.05) is 49.9 Å². The second-order valence-corrected chi connectivity index (χ2v) is 6.04. The summed E-state index contributed by atoms with van der Waals surface area (Å²) in [5.74, 6) is 0.0762. The lowest BCUT2D eigenvalue weighted by atomic mass is 10.2. The van der Waals surface area contributed by atoms with Crippen molar-refractivity contribution in [3.8, 4) is 0 Å². The van der Waals surface area contributed by atoms with E-state index in [4.69, 9.17) is 0 Å². The second kappa shape index (κ2) is 9.22. The summed E-state index contributed by atoms with van der Waals surface area (Å²) < 4.78 is 0. The topological polar surface area (TPSA) is 87.5 Å². The Morgan fingerprint density at radius 3 is 2.58 bits per heavy atom. The van der Waals surface area contributed by atoms with Gasteiger partial charge in [0.2, 0.25) is 5.91 Å². The summed E-state index contributed by atoms with van der Waals surface area (Å²) in [6.45, 7) is 5.49. The van der Waals surface area contributed by atoms with Gasteiger partial charge in [-0.1, -0.05) is 6.92 Å². The normalized spacial score (nSPS) is 13.8. The maximum absolute atomic E-state index is 11.8. The molecule has 0 heterocycles. The zero-order chi connectivity index (χ0) is 17.4. The van der Waals surface area contributed by atoms with Crippen molar-refractivity contribution in [2.45, 2.75) is 38.6 Å². The largest absolute Gasteiger partial charge is 0.385 e. The van der Waals surface area contributed by atoms with Crippen LogP contribution < -0.4 is 10.6 Å². The Balaban J connectivity index is 1.54. The number of benzene rings is 1. The van der Waals surface area contributed by atoms with Gasteiger partial charge in [-0.2, -0.15) is 0 Å². The highest BCUT2D eigenvalue weighted by Crippen LogP contribution is 2.25. The monoisotopic (exact) mass is 334 g/mol. The molecule has 132 valence electrons. The predicted molar refractivity (Wildman–Crippen MR) is 94.1 cm³/mol. The molecule has 2 N–H and O–H groups in total. The molecule has 7 heteroatoms. The van der Waals surface area contributed by atoms with Crippen LogP contribution in [0.25, 0.3) is 0 Å². The van der Waals surface area contributed by atoms with Crippen LogP contribution in [0.1, 0.15) is 32.6 Å². The lowest BCUT2D eigenvalue weighted by Crippen LogP contribution is -2.36. The number of hydrogen-bond donors (Lipinski definition) is 2. The number of nitro groups is 1. The summed E-state index contributed by atoms with van der Waals surface area (Å²) in [6, 6.07) is 7.02. The first-order valence-corrected chi connectivity index (χ1v) is 8.59. The molecule has 1 aromatic carbocycles. The average molecular weight is 334 g/mol. The number of anilines is 1. The zero-order valence-corrected chi connectivity index (χ0v) is 14.2. The molecule has 0 spiro atoms. The van der Waals surface area contributed by atoms with Gasteiger partial charge in [0.25, 0.3) is 5.69 Å². The molecular weight excluding hydrogens is 308 g/mol. The van der Waals surface area contributed by atoms with E-state index in [-0.39, 0.29) is 11.6 Å². The summed E-state index contributed by atoms with van der Waals surface area (Å²) >= 11 is 0. The number of carbonyl (C=O) groups excluding carboxylic acids is 1. The molecule has 1 aliphatic rings. The van der Waals surface area contributed by atoms with Gasteiger partial charge < -0.3 is 10.6 Å². The molecule has 0 aliphatic heterocycles. The highest BCUT2D eigenvalue weighted by atomic mass is 16.6. The molecule has 2 rings (SSSR count). The van der Waals surface area contributed by atoms with Crippen LogP contribution >= 0.6 is 0 Å². The molecule has 24 heavy (non-hydrogen) atoms. The Morgan fingerprint density at radius 2 is 2.00 bits per heavy atom. The van der Waals surface area contributed by atoms with Crippen LogP contribution in [0.4, 0.5) is 11.4 Å². The van der Waals surface area contributed by atoms with Crippen LogP contribution in [0.2, 0.25) is 0 Å². The summed E-state index contributed by atoms with van der Waals surface area (Å²) in [5.41, 5.74) is 0.899. The molecule has 1 aliphatic carbocycles. The molecule has 0 aromatic heterocycles. The molecule has 1 saturated carbocycles. The third-order valence-electron chi connectivity index (χ3n) is 4.18. The van der Waals surface area contributed by atoms with Crippen molar-refractivity contribution in [1.82, 2.24) is 10.2 Å². The van der Waals surface area contributed by atoms with Gasteiger partial charge in [-0.15, -0.1) is 0 Å². The molecule has 0 saturated heterocycles. The van der Waals surface area contributed by atoms with E-state index in [1.807, 2.05) is 0 Å². The molecule has 7 nitrogen and oxygen atoms in total. The number of carbonyl (C=O) groups is 1. The van der Waals surface area contributed by atoms with Crippen LogP contribution in [-0.2, 0) is 4.79 Å². The number of hydrogen-bond acceptors (Lipinski definition) is 5. The number of non-ortho nitro benzene ring substituents is 1. The van der Waals surface area contributed by atoms with Crippen LogP contribution in [0.5, 0.6) is 0 Å². The van der Waals surface area contributed by atoms with E-state index < -0.39 is 4.92 Å². The molecule has 0 radical (unpaired) electrons. The van der Waals surface area contributed by atoms with Gasteiger partial charge in [-0.25, -0.2) is 0 Å². The minimum absolute atomic E-state index is 0.0762. The van der Waals surface area contributed by atoms with Crippen molar-refractivity contribution in [2.75, 3.05) is 31.5 Å². The maximum atomic E-state index is 11.8. The smallest absolute Gasteiger partial charge is 0.269 e. The molecule has 1 amide bonds. The lowest BCUT2D eigenvalue weighted by Gasteiger charge is -2.19. The minimum Gasteiger partial charge on any atom is -0.385 e. The van der Waals surface area contributed by atoms with Crippen LogP contribution in [0, 0.1) is 10.1 Å². The second-order valence-electron chi connectivity index (χ2n) is 6.04. The van der Waals surface area contributed by atoms with E-state index in [1.165, 1.54) is 25.0 Å². The first-order valence-electron chi connectivity index (χ1n) is 8.59. The molecule has 0 unspecified atom stereocenters. The Hall–Kier alpha value is -2.15. The van der Waals surface area contributed by atoms with Crippen molar-refractivity contribution in [1.29, 1.82) is 0 Å². The summed E-state index contributed by atoms with van der Waals surface area (Å²) in [5, 5.41) is 16.7. The lowest BCUT2D eigenvalue weighted by molar-refractivity contribution is -0.384. The van der Waals surface area contributed by atoms with E-state index in [0.29, 0.717) is 19.5 Å². The van der Waals surface area contributed by atoms with Crippen LogP contribution in [-0.4, -0.2) is 48.0 Å². The van der Waals surface area contributed by atoms with E-state index in [2.05, 4.69) is 22.5 Å². The van der Waals surface area contributed by atoms with E-state index in [0.717, 1.165) is 31.2 Å². The van der Waals surface area contributed by atoms with E-state index >= 15 is 0 Å². The van der Waals surface area contributed by atoms with Gasteiger partial charge in [0.15, 0.2) is 0 Å². The average Bonchev–Trinajstić information content (AvgIpc) is 3.41. The van der Waals surface area contributed by atoms with E-state index in [1.54, 1.807) is 12.1 Å². The number of likely N-dealkylation sites (N-methyl/N-ethyl adjacent to an activating group) is 1. The Morgan fingerprint density at radius 1 is 1.29 bits per heavy atom. The van der Waals surface area contributed by atoms with Crippen molar-refractivity contribution in [3.05, 3.63) is 34.4 Å². The summed E-state index contributed by atoms with van der Waals surface area (Å²) in [7, 11) is 0. The first kappa shape index (κ1) is 18.2. The summed E-state index contributed by atoms with van der Waals surface area (Å²) in [6.07, 6.45) is 3.78. The van der Waals surface area contributed by atoms with Crippen molar-refractivity contribution < 1.29 is 9.72 Å².